The molecule has 10 heteroatoms. The maximum atomic E-state index is 13.6. The van der Waals surface area contributed by atoms with Crippen molar-refractivity contribution < 1.29 is 29.0 Å². The summed E-state index contributed by atoms with van der Waals surface area (Å²) in [5.74, 6) is 2.12. The Morgan fingerprint density at radius 2 is 1.84 bits per heavy atom. The summed E-state index contributed by atoms with van der Waals surface area (Å²) < 4.78 is 9.46. The number of benzene rings is 2. The topological polar surface area (TPSA) is 117 Å². The van der Waals surface area contributed by atoms with E-state index in [2.05, 4.69) is 16.6 Å². The number of carbonyl (C=O) groups is 3. The molecule has 3 atom stereocenters. The molecular weight excluding hydrogens is 506 g/mol. The maximum absolute atomic E-state index is 13.6. The zero-order valence-electron chi connectivity index (χ0n) is 21.7. The molecule has 1 fully saturated rings. The van der Waals surface area contributed by atoms with Crippen molar-refractivity contribution >= 4 is 29.7 Å². The molecule has 1 saturated heterocycles. The Morgan fingerprint density at radius 3 is 2.47 bits per heavy atom. The molecule has 1 heterocycles. The second-order valence-electron chi connectivity index (χ2n) is 9.32. The average Bonchev–Trinajstić information content (AvgIpc) is 3.24. The number of rotatable bonds is 10. The lowest BCUT2D eigenvalue weighted by atomic mass is 9.97. The lowest BCUT2D eigenvalue weighted by molar-refractivity contribution is -0.147. The van der Waals surface area contributed by atoms with Crippen LogP contribution in [-0.4, -0.2) is 70.4 Å². The van der Waals surface area contributed by atoms with Gasteiger partial charge in [0.1, 0.15) is 11.8 Å². The van der Waals surface area contributed by atoms with E-state index in [4.69, 9.17) is 15.9 Å². The van der Waals surface area contributed by atoms with Crippen LogP contribution in [-0.2, 0) is 27.3 Å². The van der Waals surface area contributed by atoms with Crippen molar-refractivity contribution in [1.29, 1.82) is 0 Å². The summed E-state index contributed by atoms with van der Waals surface area (Å²) in [6, 6.07) is 14.6. The van der Waals surface area contributed by atoms with Gasteiger partial charge in [-0.15, -0.1) is 18.2 Å². The van der Waals surface area contributed by atoms with Gasteiger partial charge in [-0.25, -0.2) is 4.79 Å². The van der Waals surface area contributed by atoms with E-state index in [1.54, 1.807) is 19.2 Å². The van der Waals surface area contributed by atoms with E-state index in [0.717, 1.165) is 11.1 Å². The summed E-state index contributed by atoms with van der Waals surface area (Å²) in [6.45, 7) is 3.78. The molecule has 3 rings (SSSR count). The highest BCUT2D eigenvalue weighted by Gasteiger charge is 2.49. The molecule has 9 nitrogen and oxygen atoms in total. The van der Waals surface area contributed by atoms with Crippen molar-refractivity contribution in [3.05, 3.63) is 65.7 Å². The minimum absolute atomic E-state index is 0.164. The Bertz CT molecular complexity index is 1150. The summed E-state index contributed by atoms with van der Waals surface area (Å²) in [7, 11) is 1.58. The number of nitrogens with one attached hydrogen (secondary N) is 2. The number of thioether (sulfide) groups is 1. The van der Waals surface area contributed by atoms with Crippen LogP contribution in [0.15, 0.2) is 54.6 Å². The number of alkyl carbamates (subject to hydrolysis) is 1. The molecule has 2 unspecified atom stereocenters. The minimum atomic E-state index is -1.63. The number of hydrogen-bond acceptors (Lipinski definition) is 7. The van der Waals surface area contributed by atoms with Crippen LogP contribution in [0.2, 0.25) is 0 Å². The lowest BCUT2D eigenvalue weighted by Crippen LogP contribution is -2.58. The Morgan fingerprint density at radius 1 is 1.16 bits per heavy atom. The van der Waals surface area contributed by atoms with Gasteiger partial charge < -0.3 is 30.1 Å². The van der Waals surface area contributed by atoms with Crippen LogP contribution in [0.1, 0.15) is 25.0 Å². The minimum Gasteiger partial charge on any atom is -0.497 e. The monoisotopic (exact) mass is 539 g/mol. The van der Waals surface area contributed by atoms with Crippen molar-refractivity contribution in [2.24, 2.45) is 0 Å². The third kappa shape index (κ3) is 7.43. The maximum Gasteiger partial charge on any atom is 0.408 e. The molecule has 3 amide bonds. The highest BCUT2D eigenvalue weighted by atomic mass is 32.2. The quantitative estimate of drug-likeness (QED) is 0.397. The van der Waals surface area contributed by atoms with Gasteiger partial charge >= 0.3 is 6.09 Å². The van der Waals surface area contributed by atoms with E-state index < -0.39 is 34.9 Å². The molecule has 0 aromatic heterocycles. The molecule has 0 saturated carbocycles. The average molecular weight is 540 g/mol. The van der Waals surface area contributed by atoms with E-state index in [9.17, 15) is 19.5 Å². The molecule has 0 spiro atoms. The van der Waals surface area contributed by atoms with Gasteiger partial charge in [0.15, 0.2) is 12.7 Å². The lowest BCUT2D eigenvalue weighted by Gasteiger charge is -2.33. The van der Waals surface area contributed by atoms with E-state index >= 15 is 0 Å². The standard InChI is InChI=1S/C28H33N3O6S/c1-5-15-37-27(35)30-22(16-19-9-7-6-8-10-19)23(32)26(34)31-18-38-28(2,3)24(31)25(33)29-17-20-11-13-21(36-4)14-12-20/h1,6-14,22-24,32H,15-18H2,2-4H3,(H,29,33)(H,30,35)/t22?,23?,24-/m1/s1. The van der Waals surface area contributed by atoms with Gasteiger partial charge in [-0.05, 0) is 43.5 Å². The number of ether oxygens (including phenoxy) is 2. The van der Waals surface area contributed by atoms with Crippen molar-refractivity contribution in [3.63, 3.8) is 0 Å². The first-order chi connectivity index (χ1) is 18.2. The van der Waals surface area contributed by atoms with Crippen LogP contribution in [0.25, 0.3) is 0 Å². The summed E-state index contributed by atoms with van der Waals surface area (Å²) in [4.78, 5) is 40.5. The number of carbonyl (C=O) groups excluding carboxylic acids is 3. The third-order valence-electron chi connectivity index (χ3n) is 6.23. The van der Waals surface area contributed by atoms with Crippen molar-refractivity contribution in [2.45, 2.75) is 49.7 Å². The van der Waals surface area contributed by atoms with Crippen molar-refractivity contribution in [1.82, 2.24) is 15.5 Å². The van der Waals surface area contributed by atoms with Crippen LogP contribution in [0.3, 0.4) is 0 Å². The Balaban J connectivity index is 1.75. The number of aliphatic hydroxyl groups excluding tert-OH is 1. The van der Waals surface area contributed by atoms with Crippen molar-refractivity contribution in [2.75, 3.05) is 19.6 Å². The molecule has 3 N–H and O–H groups in total. The number of methoxy groups -OCH3 is 1. The molecule has 2 aromatic rings. The number of terminal acetylenes is 1. The van der Waals surface area contributed by atoms with Gasteiger partial charge in [0, 0.05) is 11.3 Å². The van der Waals surface area contributed by atoms with Gasteiger partial charge in [-0.1, -0.05) is 48.4 Å². The Hall–Kier alpha value is -3.68. The second-order valence-corrected chi connectivity index (χ2v) is 10.9. The van der Waals surface area contributed by atoms with Gasteiger partial charge in [-0.3, -0.25) is 9.59 Å². The van der Waals surface area contributed by atoms with Crippen LogP contribution < -0.4 is 15.4 Å². The fourth-order valence-corrected chi connectivity index (χ4v) is 5.33. The number of hydrogen-bond donors (Lipinski definition) is 3. The van der Waals surface area contributed by atoms with Crippen LogP contribution >= 0.6 is 11.8 Å². The summed E-state index contributed by atoms with van der Waals surface area (Å²) in [5, 5.41) is 16.6. The highest BCUT2D eigenvalue weighted by Crippen LogP contribution is 2.40. The molecule has 202 valence electrons. The molecule has 1 aliphatic heterocycles. The number of amides is 3. The first-order valence-electron chi connectivity index (χ1n) is 12.1. The van der Waals surface area contributed by atoms with Gasteiger partial charge in [-0.2, -0.15) is 0 Å². The zero-order chi connectivity index (χ0) is 27.7. The summed E-state index contributed by atoms with van der Waals surface area (Å²) in [5.41, 5.74) is 1.67. The molecule has 2 aromatic carbocycles. The molecule has 0 aliphatic carbocycles. The largest absolute Gasteiger partial charge is 0.497 e. The summed E-state index contributed by atoms with van der Waals surface area (Å²) >= 11 is 1.44. The second kappa shape index (κ2) is 13.2. The van der Waals surface area contributed by atoms with Crippen LogP contribution in [0.4, 0.5) is 4.79 Å². The SMILES string of the molecule is C#CCOC(=O)NC(Cc1ccccc1)C(O)C(=O)N1CSC(C)(C)[C@H]1C(=O)NCc1ccc(OC)cc1. The predicted octanol–water partition coefficient (Wildman–Crippen LogP) is 2.32. The first kappa shape index (κ1) is 28.9. The molecule has 0 radical (unpaired) electrons. The molecular formula is C28H33N3O6S. The van der Waals surface area contributed by atoms with Crippen molar-refractivity contribution in [3.8, 4) is 18.1 Å². The normalized spacial score (nSPS) is 17.6. The van der Waals surface area contributed by atoms with E-state index in [0.29, 0.717) is 5.75 Å². The highest BCUT2D eigenvalue weighted by molar-refractivity contribution is 8.00. The Labute approximate surface area is 227 Å². The van der Waals surface area contributed by atoms with E-state index in [1.165, 1.54) is 16.7 Å². The number of nitrogens with zero attached hydrogens (tertiary/aromatic N) is 1. The Kier molecular flexibility index (Phi) is 10.0. The zero-order valence-corrected chi connectivity index (χ0v) is 22.5. The van der Waals surface area contributed by atoms with E-state index in [-0.39, 0.29) is 31.4 Å². The fraction of sp³-hybridized carbons (Fsp3) is 0.393. The van der Waals surface area contributed by atoms with Gasteiger partial charge in [0.05, 0.1) is 19.0 Å². The third-order valence-corrected chi connectivity index (χ3v) is 7.60. The van der Waals surface area contributed by atoms with E-state index in [1.807, 2.05) is 56.3 Å². The van der Waals surface area contributed by atoms with Crippen LogP contribution in [0.5, 0.6) is 5.75 Å². The number of aliphatic hydroxyl groups is 1. The molecule has 38 heavy (non-hydrogen) atoms. The smallest absolute Gasteiger partial charge is 0.408 e. The fourth-order valence-electron chi connectivity index (χ4n) is 4.19. The summed E-state index contributed by atoms with van der Waals surface area (Å²) in [6.07, 6.45) is 2.85. The predicted molar refractivity (Wildman–Crippen MR) is 145 cm³/mol. The molecule has 0 bridgehead atoms. The van der Waals surface area contributed by atoms with Crippen LogP contribution in [0, 0.1) is 12.3 Å². The van der Waals surface area contributed by atoms with Gasteiger partial charge in [0.2, 0.25) is 5.91 Å². The van der Waals surface area contributed by atoms with Gasteiger partial charge in [0.25, 0.3) is 5.91 Å². The molecule has 1 aliphatic rings. The first-order valence-corrected chi connectivity index (χ1v) is 13.1.